The van der Waals surface area contributed by atoms with Gasteiger partial charge in [0.1, 0.15) is 11.6 Å². The molecule has 0 heterocycles. The summed E-state index contributed by atoms with van der Waals surface area (Å²) in [6.45, 7) is 1.75. The van der Waals surface area contributed by atoms with Gasteiger partial charge in [0, 0.05) is 11.4 Å². The van der Waals surface area contributed by atoms with Gasteiger partial charge in [0.15, 0.2) is 0 Å². The van der Waals surface area contributed by atoms with Gasteiger partial charge in [-0.2, -0.15) is 5.26 Å². The van der Waals surface area contributed by atoms with Gasteiger partial charge in [-0.3, -0.25) is 0 Å². The van der Waals surface area contributed by atoms with Gasteiger partial charge >= 0.3 is 0 Å². The maximum atomic E-state index is 13.2. The fourth-order valence-corrected chi connectivity index (χ4v) is 1.65. The number of halogens is 2. The maximum Gasteiger partial charge on any atom is 0.126 e. The number of nitrogens with one attached hydrogen (secondary N) is 1. The molecule has 0 aliphatic carbocycles. The minimum atomic E-state index is -0.490. The van der Waals surface area contributed by atoms with Crippen molar-refractivity contribution in [2.45, 2.75) is 6.92 Å². The summed E-state index contributed by atoms with van der Waals surface area (Å²) in [6, 6.07) is 10.1. The highest BCUT2D eigenvalue weighted by Gasteiger charge is 2.03. The van der Waals surface area contributed by atoms with Crippen LogP contribution in [0.2, 0.25) is 0 Å². The summed E-state index contributed by atoms with van der Waals surface area (Å²) in [5.41, 5.74) is 2.07. The third-order valence-electron chi connectivity index (χ3n) is 2.49. The highest BCUT2D eigenvalue weighted by atomic mass is 19.1. The molecule has 0 bridgehead atoms. The molecule has 2 aromatic rings. The summed E-state index contributed by atoms with van der Waals surface area (Å²) in [5, 5.41) is 11.7. The molecule has 0 saturated heterocycles. The molecule has 0 fully saturated rings. The summed E-state index contributed by atoms with van der Waals surface area (Å²) in [6.07, 6.45) is 0. The lowest BCUT2D eigenvalue weighted by molar-refractivity contribution is 0.626. The van der Waals surface area contributed by atoms with E-state index in [2.05, 4.69) is 5.32 Å². The van der Waals surface area contributed by atoms with Gasteiger partial charge in [-0.1, -0.05) is 0 Å². The summed E-state index contributed by atoms with van der Waals surface area (Å²) >= 11 is 0. The number of benzene rings is 2. The number of nitrogens with zero attached hydrogens (tertiary/aromatic N) is 1. The van der Waals surface area contributed by atoms with E-state index in [1.807, 2.05) is 6.07 Å². The monoisotopic (exact) mass is 244 g/mol. The lowest BCUT2D eigenvalue weighted by atomic mass is 10.1. The van der Waals surface area contributed by atoms with Gasteiger partial charge in [0.2, 0.25) is 0 Å². The van der Waals surface area contributed by atoms with E-state index in [1.165, 1.54) is 24.3 Å². The predicted octanol–water partition coefficient (Wildman–Crippen LogP) is 3.89. The van der Waals surface area contributed by atoms with E-state index in [0.717, 1.165) is 6.07 Å². The maximum absolute atomic E-state index is 13.2. The van der Waals surface area contributed by atoms with Crippen LogP contribution in [0.4, 0.5) is 20.2 Å². The minimum Gasteiger partial charge on any atom is -0.355 e. The molecule has 2 rings (SSSR count). The van der Waals surface area contributed by atoms with Crippen LogP contribution in [0.1, 0.15) is 11.1 Å². The van der Waals surface area contributed by atoms with Crippen molar-refractivity contribution < 1.29 is 8.78 Å². The first-order valence-electron chi connectivity index (χ1n) is 5.32. The van der Waals surface area contributed by atoms with Crippen LogP contribution in [0.15, 0.2) is 36.4 Å². The van der Waals surface area contributed by atoms with Crippen molar-refractivity contribution in [3.8, 4) is 6.07 Å². The fraction of sp³-hybridized carbons (Fsp3) is 0.0714. The fourth-order valence-electron chi connectivity index (χ4n) is 1.65. The molecular weight excluding hydrogens is 234 g/mol. The molecule has 0 atom stereocenters. The number of hydrogen-bond acceptors (Lipinski definition) is 2. The molecule has 0 aliphatic heterocycles. The van der Waals surface area contributed by atoms with E-state index in [1.54, 1.807) is 13.0 Å². The average molecular weight is 244 g/mol. The van der Waals surface area contributed by atoms with E-state index in [-0.39, 0.29) is 11.4 Å². The number of rotatable bonds is 2. The quantitative estimate of drug-likeness (QED) is 0.869. The highest BCUT2D eigenvalue weighted by Crippen LogP contribution is 2.22. The topological polar surface area (TPSA) is 35.8 Å². The van der Waals surface area contributed by atoms with Gasteiger partial charge in [-0.15, -0.1) is 0 Å². The summed E-state index contributed by atoms with van der Waals surface area (Å²) in [7, 11) is 0. The van der Waals surface area contributed by atoms with E-state index in [9.17, 15) is 8.78 Å². The second kappa shape index (κ2) is 4.84. The third kappa shape index (κ3) is 2.64. The third-order valence-corrected chi connectivity index (χ3v) is 2.49. The van der Waals surface area contributed by atoms with Crippen molar-refractivity contribution in [2.24, 2.45) is 0 Å². The van der Waals surface area contributed by atoms with Gasteiger partial charge < -0.3 is 5.32 Å². The number of anilines is 2. The van der Waals surface area contributed by atoms with Crippen LogP contribution in [0.3, 0.4) is 0 Å². The Labute approximate surface area is 103 Å². The van der Waals surface area contributed by atoms with Crippen molar-refractivity contribution in [3.05, 3.63) is 59.2 Å². The predicted molar refractivity (Wildman–Crippen MR) is 65.5 cm³/mol. The molecule has 4 heteroatoms. The zero-order valence-corrected chi connectivity index (χ0v) is 9.67. The molecule has 0 saturated carbocycles. The molecule has 90 valence electrons. The second-order valence-corrected chi connectivity index (χ2v) is 3.92. The Morgan fingerprint density at radius 3 is 2.50 bits per heavy atom. The Balaban J connectivity index is 2.34. The number of nitriles is 1. The Kier molecular flexibility index (Phi) is 3.24. The first kappa shape index (κ1) is 12.1. The van der Waals surface area contributed by atoms with Gasteiger partial charge in [-0.05, 0) is 48.9 Å². The van der Waals surface area contributed by atoms with Crippen molar-refractivity contribution in [1.82, 2.24) is 0 Å². The van der Waals surface area contributed by atoms with Crippen molar-refractivity contribution >= 4 is 11.4 Å². The van der Waals surface area contributed by atoms with Crippen molar-refractivity contribution in [1.29, 1.82) is 5.26 Å². The molecule has 0 spiro atoms. The summed E-state index contributed by atoms with van der Waals surface area (Å²) < 4.78 is 26.2. The van der Waals surface area contributed by atoms with Crippen LogP contribution in [-0.4, -0.2) is 0 Å². The smallest absolute Gasteiger partial charge is 0.126 e. The standard InChI is InChI=1S/C14H10F2N2/c1-9-4-11(15)2-3-14(9)18-13-6-10(8-17)5-12(16)7-13/h2-7,18H,1H3. The first-order valence-corrected chi connectivity index (χ1v) is 5.32. The average Bonchev–Trinajstić information content (AvgIpc) is 2.32. The number of aryl methyl sites for hydroxylation is 1. The van der Waals surface area contributed by atoms with Crippen LogP contribution in [0.5, 0.6) is 0 Å². The van der Waals surface area contributed by atoms with E-state index in [4.69, 9.17) is 5.26 Å². The molecular formula is C14H10F2N2. The largest absolute Gasteiger partial charge is 0.355 e. The molecule has 18 heavy (non-hydrogen) atoms. The molecule has 0 amide bonds. The van der Waals surface area contributed by atoms with Crippen molar-refractivity contribution in [3.63, 3.8) is 0 Å². The van der Waals surface area contributed by atoms with Crippen LogP contribution in [0.25, 0.3) is 0 Å². The second-order valence-electron chi connectivity index (χ2n) is 3.92. The Morgan fingerprint density at radius 1 is 1.06 bits per heavy atom. The first-order chi connectivity index (χ1) is 8.58. The lowest BCUT2D eigenvalue weighted by Gasteiger charge is -2.10. The molecule has 0 unspecified atom stereocenters. The Bertz CT molecular complexity index is 630. The molecule has 0 aliphatic rings. The zero-order valence-electron chi connectivity index (χ0n) is 9.67. The van der Waals surface area contributed by atoms with E-state index in [0.29, 0.717) is 16.9 Å². The van der Waals surface area contributed by atoms with Crippen LogP contribution < -0.4 is 5.32 Å². The van der Waals surface area contributed by atoms with Crippen LogP contribution in [0, 0.1) is 29.9 Å². The molecule has 2 nitrogen and oxygen atoms in total. The van der Waals surface area contributed by atoms with Crippen LogP contribution >= 0.6 is 0 Å². The Morgan fingerprint density at radius 2 is 1.83 bits per heavy atom. The SMILES string of the molecule is Cc1cc(F)ccc1Nc1cc(F)cc(C#N)c1. The summed E-state index contributed by atoms with van der Waals surface area (Å²) in [4.78, 5) is 0. The zero-order chi connectivity index (χ0) is 13.1. The van der Waals surface area contributed by atoms with Gasteiger partial charge in [0.25, 0.3) is 0 Å². The minimum absolute atomic E-state index is 0.234. The highest BCUT2D eigenvalue weighted by molar-refractivity contribution is 5.64. The summed E-state index contributed by atoms with van der Waals surface area (Å²) in [5.74, 6) is -0.814. The molecule has 0 radical (unpaired) electrons. The lowest BCUT2D eigenvalue weighted by Crippen LogP contribution is -1.95. The molecule has 0 aromatic heterocycles. The van der Waals surface area contributed by atoms with Gasteiger partial charge in [0.05, 0.1) is 11.6 Å². The van der Waals surface area contributed by atoms with Crippen LogP contribution in [-0.2, 0) is 0 Å². The van der Waals surface area contributed by atoms with E-state index < -0.39 is 5.82 Å². The number of hydrogen-bond donors (Lipinski definition) is 1. The van der Waals surface area contributed by atoms with E-state index >= 15 is 0 Å². The molecule has 1 N–H and O–H groups in total. The van der Waals surface area contributed by atoms with Gasteiger partial charge in [-0.25, -0.2) is 8.78 Å². The normalized spacial score (nSPS) is 9.89. The van der Waals surface area contributed by atoms with Crippen molar-refractivity contribution in [2.75, 3.05) is 5.32 Å². The Hall–Kier alpha value is -2.41. The molecule has 2 aromatic carbocycles.